The van der Waals surface area contributed by atoms with Gasteiger partial charge in [0.2, 0.25) is 5.89 Å². The van der Waals surface area contributed by atoms with Gasteiger partial charge in [-0.05, 0) is 65.2 Å². The van der Waals surface area contributed by atoms with Gasteiger partial charge in [-0.1, -0.05) is 43.3 Å². The van der Waals surface area contributed by atoms with Crippen LogP contribution in [-0.2, 0) is 6.42 Å². The number of hydrogen-bond acceptors (Lipinski definition) is 4. The first kappa shape index (κ1) is 19.8. The molecule has 5 nitrogen and oxygen atoms in total. The highest BCUT2D eigenvalue weighted by Gasteiger charge is 2.15. The van der Waals surface area contributed by atoms with E-state index in [1.807, 2.05) is 66.7 Å². The summed E-state index contributed by atoms with van der Waals surface area (Å²) in [7, 11) is 1.57. The SMILES string of the molecule is CCc1ccc(-c2nc3cc(NC(=O)c4cc5ccccc5cc4OC)ccc3o2)cc1. The first-order valence-electron chi connectivity index (χ1n) is 10.5. The minimum Gasteiger partial charge on any atom is -0.496 e. The van der Waals surface area contributed by atoms with E-state index >= 15 is 0 Å². The molecular weight excluding hydrogens is 400 g/mol. The highest BCUT2D eigenvalue weighted by molar-refractivity contribution is 6.09. The van der Waals surface area contributed by atoms with Gasteiger partial charge in [0.15, 0.2) is 5.58 Å². The Balaban J connectivity index is 1.44. The van der Waals surface area contributed by atoms with Crippen LogP contribution in [0.4, 0.5) is 5.69 Å². The number of oxazole rings is 1. The number of hydrogen-bond donors (Lipinski definition) is 1. The first-order valence-corrected chi connectivity index (χ1v) is 10.5. The van der Waals surface area contributed by atoms with Crippen LogP contribution in [0.15, 0.2) is 83.3 Å². The predicted molar refractivity (Wildman–Crippen MR) is 127 cm³/mol. The highest BCUT2D eigenvalue weighted by Crippen LogP contribution is 2.29. The van der Waals surface area contributed by atoms with Gasteiger partial charge in [0.25, 0.3) is 5.91 Å². The normalized spacial score (nSPS) is 11.1. The third kappa shape index (κ3) is 3.69. The van der Waals surface area contributed by atoms with Crippen molar-refractivity contribution in [1.29, 1.82) is 0 Å². The molecule has 1 amide bonds. The molecule has 5 rings (SSSR count). The fourth-order valence-electron chi connectivity index (χ4n) is 3.78. The molecular formula is C27H22N2O3. The molecule has 1 aromatic heterocycles. The van der Waals surface area contributed by atoms with E-state index in [4.69, 9.17) is 9.15 Å². The maximum Gasteiger partial charge on any atom is 0.259 e. The molecule has 158 valence electrons. The molecule has 5 aromatic rings. The number of nitrogens with zero attached hydrogens (tertiary/aromatic N) is 1. The number of aromatic nitrogens is 1. The van der Waals surface area contributed by atoms with Crippen LogP contribution in [0.1, 0.15) is 22.8 Å². The molecule has 0 radical (unpaired) electrons. The average Bonchev–Trinajstić information content (AvgIpc) is 3.26. The van der Waals surface area contributed by atoms with E-state index in [1.54, 1.807) is 7.11 Å². The Labute approximate surface area is 185 Å². The monoisotopic (exact) mass is 422 g/mol. The van der Waals surface area contributed by atoms with Crippen LogP contribution in [0.5, 0.6) is 5.75 Å². The number of aryl methyl sites for hydroxylation is 1. The summed E-state index contributed by atoms with van der Waals surface area (Å²) in [5.74, 6) is 0.842. The second kappa shape index (κ2) is 8.19. The molecule has 4 aromatic carbocycles. The molecule has 0 fully saturated rings. The smallest absolute Gasteiger partial charge is 0.259 e. The van der Waals surface area contributed by atoms with Crippen LogP contribution >= 0.6 is 0 Å². The molecule has 0 spiro atoms. The van der Waals surface area contributed by atoms with Crippen molar-refractivity contribution in [3.63, 3.8) is 0 Å². The van der Waals surface area contributed by atoms with Gasteiger partial charge in [-0.2, -0.15) is 0 Å². The number of anilines is 1. The summed E-state index contributed by atoms with van der Waals surface area (Å²) in [4.78, 5) is 17.6. The van der Waals surface area contributed by atoms with E-state index in [0.717, 1.165) is 22.8 Å². The molecule has 32 heavy (non-hydrogen) atoms. The number of nitrogens with one attached hydrogen (secondary N) is 1. The van der Waals surface area contributed by atoms with Gasteiger partial charge in [0.1, 0.15) is 11.3 Å². The molecule has 0 aliphatic heterocycles. The van der Waals surface area contributed by atoms with Gasteiger partial charge in [0.05, 0.1) is 12.7 Å². The van der Waals surface area contributed by atoms with Crippen LogP contribution in [0, 0.1) is 0 Å². The van der Waals surface area contributed by atoms with Crippen LogP contribution in [0.2, 0.25) is 0 Å². The molecule has 1 heterocycles. The van der Waals surface area contributed by atoms with Crippen LogP contribution in [0.25, 0.3) is 33.3 Å². The second-order valence-electron chi connectivity index (χ2n) is 7.61. The Bertz CT molecular complexity index is 1440. The third-order valence-electron chi connectivity index (χ3n) is 5.57. The van der Waals surface area contributed by atoms with E-state index in [-0.39, 0.29) is 5.91 Å². The molecule has 5 heteroatoms. The number of benzene rings is 4. The Morgan fingerprint density at radius 1 is 0.969 bits per heavy atom. The molecule has 1 N–H and O–H groups in total. The van der Waals surface area contributed by atoms with E-state index in [9.17, 15) is 4.79 Å². The molecule has 0 bridgehead atoms. The van der Waals surface area contributed by atoms with Crippen LogP contribution in [-0.4, -0.2) is 18.0 Å². The van der Waals surface area contributed by atoms with Crippen molar-refractivity contribution in [2.24, 2.45) is 0 Å². The fourth-order valence-corrected chi connectivity index (χ4v) is 3.78. The third-order valence-corrected chi connectivity index (χ3v) is 5.57. The average molecular weight is 422 g/mol. The number of methoxy groups -OCH3 is 1. The van der Waals surface area contributed by atoms with Crippen LogP contribution in [0.3, 0.4) is 0 Å². The van der Waals surface area contributed by atoms with Crippen molar-refractivity contribution in [2.75, 3.05) is 12.4 Å². The Kier molecular flexibility index (Phi) is 5.07. The summed E-state index contributed by atoms with van der Waals surface area (Å²) < 4.78 is 11.4. The summed E-state index contributed by atoms with van der Waals surface area (Å²) in [5.41, 5.74) is 4.65. The highest BCUT2D eigenvalue weighted by atomic mass is 16.5. The number of fused-ring (bicyclic) bond motifs is 2. The van der Waals surface area contributed by atoms with Crippen molar-refractivity contribution in [1.82, 2.24) is 4.98 Å². The largest absolute Gasteiger partial charge is 0.496 e. The number of carbonyl (C=O) groups excluding carboxylic acids is 1. The lowest BCUT2D eigenvalue weighted by molar-refractivity contribution is 0.102. The number of amides is 1. The van der Waals surface area contributed by atoms with Gasteiger partial charge in [-0.25, -0.2) is 4.98 Å². The molecule has 0 aliphatic carbocycles. The van der Waals surface area contributed by atoms with Crippen molar-refractivity contribution in [2.45, 2.75) is 13.3 Å². The summed E-state index contributed by atoms with van der Waals surface area (Å²) in [6.45, 7) is 2.12. The molecule has 0 atom stereocenters. The molecule has 0 saturated carbocycles. The van der Waals surface area contributed by atoms with E-state index in [0.29, 0.717) is 34.0 Å². The van der Waals surface area contributed by atoms with Crippen molar-refractivity contribution >= 4 is 33.5 Å². The number of rotatable bonds is 5. The maximum absolute atomic E-state index is 13.0. The maximum atomic E-state index is 13.0. The Morgan fingerprint density at radius 3 is 2.44 bits per heavy atom. The Morgan fingerprint density at radius 2 is 1.72 bits per heavy atom. The fraction of sp³-hybridized carbons (Fsp3) is 0.111. The second-order valence-corrected chi connectivity index (χ2v) is 7.61. The first-order chi connectivity index (χ1) is 15.6. The zero-order valence-electron chi connectivity index (χ0n) is 17.9. The minimum atomic E-state index is -0.245. The van der Waals surface area contributed by atoms with Gasteiger partial charge in [-0.3, -0.25) is 4.79 Å². The predicted octanol–water partition coefficient (Wildman–Crippen LogP) is 6.47. The summed E-state index contributed by atoms with van der Waals surface area (Å²) in [6, 6.07) is 25.2. The van der Waals surface area contributed by atoms with E-state index in [2.05, 4.69) is 29.4 Å². The molecule has 0 saturated heterocycles. The van der Waals surface area contributed by atoms with Gasteiger partial charge < -0.3 is 14.5 Å². The molecule has 0 aliphatic rings. The lowest BCUT2D eigenvalue weighted by Crippen LogP contribution is -2.13. The molecule has 0 unspecified atom stereocenters. The summed E-state index contributed by atoms with van der Waals surface area (Å²) in [5, 5.41) is 4.95. The summed E-state index contributed by atoms with van der Waals surface area (Å²) in [6.07, 6.45) is 0.985. The Hall–Kier alpha value is -4.12. The lowest BCUT2D eigenvalue weighted by Gasteiger charge is -2.11. The minimum absolute atomic E-state index is 0.245. The quantitative estimate of drug-likeness (QED) is 0.352. The lowest BCUT2D eigenvalue weighted by atomic mass is 10.1. The zero-order valence-corrected chi connectivity index (χ0v) is 17.9. The number of carbonyl (C=O) groups is 1. The standard InChI is InChI=1S/C27H22N2O3/c1-3-17-8-10-18(11-9-17)27-29-23-16-21(12-13-24(23)32-27)28-26(30)22-14-19-6-4-5-7-20(19)15-25(22)31-2/h4-16H,3H2,1-2H3,(H,28,30). The van der Waals surface area contributed by atoms with Crippen molar-refractivity contribution < 1.29 is 13.9 Å². The van der Waals surface area contributed by atoms with Gasteiger partial charge >= 0.3 is 0 Å². The summed E-state index contributed by atoms with van der Waals surface area (Å²) >= 11 is 0. The topological polar surface area (TPSA) is 64.4 Å². The van der Waals surface area contributed by atoms with Crippen molar-refractivity contribution in [3.05, 3.63) is 90.0 Å². The zero-order chi connectivity index (χ0) is 22.1. The van der Waals surface area contributed by atoms with Crippen molar-refractivity contribution in [3.8, 4) is 17.2 Å². The van der Waals surface area contributed by atoms with Crippen LogP contribution < -0.4 is 10.1 Å². The van der Waals surface area contributed by atoms with Gasteiger partial charge in [-0.15, -0.1) is 0 Å². The van der Waals surface area contributed by atoms with Gasteiger partial charge in [0, 0.05) is 11.3 Å². The number of ether oxygens (including phenoxy) is 1. The van der Waals surface area contributed by atoms with E-state index < -0.39 is 0 Å². The van der Waals surface area contributed by atoms with E-state index in [1.165, 1.54) is 5.56 Å².